The fraction of sp³-hybridized carbons (Fsp3) is 0.0833. The lowest BCUT2D eigenvalue weighted by Crippen LogP contribution is -2.14. The molecule has 0 radical (unpaired) electrons. The molecule has 9 heteroatoms. The summed E-state index contributed by atoms with van der Waals surface area (Å²) in [6.45, 7) is 2.03. The number of carbonyl (C=O) groups is 2. The number of amides is 1. The van der Waals surface area contributed by atoms with Crippen molar-refractivity contribution in [3.63, 3.8) is 0 Å². The molecule has 0 aliphatic carbocycles. The van der Waals surface area contributed by atoms with E-state index in [2.05, 4.69) is 10.0 Å². The van der Waals surface area contributed by atoms with Crippen LogP contribution in [0.3, 0.4) is 0 Å². The Hall–Kier alpha value is -3.98. The normalized spacial score (nSPS) is 11.2. The lowest BCUT2D eigenvalue weighted by Gasteiger charge is -2.09. The number of esters is 1. The summed E-state index contributed by atoms with van der Waals surface area (Å²) in [4.78, 5) is 23.8. The average molecular weight is 469 g/mol. The highest BCUT2D eigenvalue weighted by Crippen LogP contribution is 2.18. The molecular formula is C24H21FN2O5S. The fourth-order valence-electron chi connectivity index (χ4n) is 2.75. The quantitative estimate of drug-likeness (QED) is 0.376. The van der Waals surface area contributed by atoms with Crippen molar-refractivity contribution in [3.8, 4) is 0 Å². The van der Waals surface area contributed by atoms with Crippen molar-refractivity contribution in [1.82, 2.24) is 0 Å². The molecule has 0 atom stereocenters. The van der Waals surface area contributed by atoms with Crippen molar-refractivity contribution >= 4 is 39.4 Å². The van der Waals surface area contributed by atoms with Gasteiger partial charge in [-0.15, -0.1) is 0 Å². The Morgan fingerprint density at radius 3 is 2.12 bits per heavy atom. The second-order valence-corrected chi connectivity index (χ2v) is 8.48. The largest absolute Gasteiger partial charge is 0.463 e. The Labute approximate surface area is 191 Å². The first-order chi connectivity index (χ1) is 15.8. The van der Waals surface area contributed by atoms with Crippen LogP contribution in [0.15, 0.2) is 83.8 Å². The molecule has 170 valence electrons. The van der Waals surface area contributed by atoms with Gasteiger partial charge in [0.2, 0.25) is 0 Å². The van der Waals surface area contributed by atoms with Gasteiger partial charge in [0.1, 0.15) is 5.82 Å². The van der Waals surface area contributed by atoms with Crippen molar-refractivity contribution in [1.29, 1.82) is 0 Å². The van der Waals surface area contributed by atoms with Crippen molar-refractivity contribution in [2.75, 3.05) is 16.6 Å². The first-order valence-electron chi connectivity index (χ1n) is 9.91. The molecule has 0 aliphatic heterocycles. The van der Waals surface area contributed by atoms with Crippen molar-refractivity contribution in [2.24, 2.45) is 0 Å². The molecule has 3 aromatic rings. The molecule has 0 bridgehead atoms. The number of benzene rings is 3. The highest BCUT2D eigenvalue weighted by molar-refractivity contribution is 7.92. The molecule has 0 aromatic heterocycles. The number of nitrogens with one attached hydrogen (secondary N) is 2. The van der Waals surface area contributed by atoms with Gasteiger partial charge in [0.25, 0.3) is 15.9 Å². The smallest absolute Gasteiger partial charge is 0.330 e. The molecule has 3 aromatic carbocycles. The third-order valence-corrected chi connectivity index (χ3v) is 5.79. The molecule has 33 heavy (non-hydrogen) atoms. The van der Waals surface area contributed by atoms with E-state index in [1.807, 2.05) is 0 Å². The van der Waals surface area contributed by atoms with Crippen molar-refractivity contribution in [3.05, 3.63) is 95.8 Å². The van der Waals surface area contributed by atoms with Crippen LogP contribution in [0.4, 0.5) is 15.8 Å². The van der Waals surface area contributed by atoms with E-state index in [4.69, 9.17) is 4.74 Å². The standard InChI is InChI=1S/C24H21FN2O5S/c1-2-32-23(28)16-5-17-3-10-20(11-4-17)26-24(29)18-6-12-21(13-7-18)27-33(30,31)22-14-8-19(25)9-15-22/h3-16,27H,2H2,1H3,(H,26,29). The van der Waals surface area contributed by atoms with E-state index in [1.54, 1.807) is 37.3 Å². The van der Waals surface area contributed by atoms with Crippen LogP contribution >= 0.6 is 0 Å². The SMILES string of the molecule is CCOC(=O)C=Cc1ccc(NC(=O)c2ccc(NS(=O)(=O)c3ccc(F)cc3)cc2)cc1. The van der Waals surface area contributed by atoms with Crippen LogP contribution in [0.25, 0.3) is 6.08 Å². The summed E-state index contributed by atoms with van der Waals surface area (Å²) in [7, 11) is -3.88. The molecule has 0 saturated heterocycles. The average Bonchev–Trinajstić information content (AvgIpc) is 2.79. The van der Waals surface area contributed by atoms with Crippen LogP contribution in [0.5, 0.6) is 0 Å². The van der Waals surface area contributed by atoms with E-state index in [0.717, 1.165) is 29.8 Å². The minimum Gasteiger partial charge on any atom is -0.463 e. The third-order valence-electron chi connectivity index (χ3n) is 4.39. The van der Waals surface area contributed by atoms with Gasteiger partial charge in [0.05, 0.1) is 11.5 Å². The van der Waals surface area contributed by atoms with Crippen LogP contribution in [-0.4, -0.2) is 26.9 Å². The summed E-state index contributed by atoms with van der Waals surface area (Å²) >= 11 is 0. The molecule has 0 saturated carbocycles. The Bertz CT molecular complexity index is 1250. The number of rotatable bonds is 8. The lowest BCUT2D eigenvalue weighted by molar-refractivity contribution is -0.137. The summed E-state index contributed by atoms with van der Waals surface area (Å²) in [6, 6.07) is 17.2. The number of halogens is 1. The monoisotopic (exact) mass is 468 g/mol. The van der Waals surface area contributed by atoms with Gasteiger partial charge in [-0.3, -0.25) is 9.52 Å². The molecule has 0 fully saturated rings. The zero-order chi connectivity index (χ0) is 23.8. The first-order valence-corrected chi connectivity index (χ1v) is 11.4. The second kappa shape index (κ2) is 10.6. The topological polar surface area (TPSA) is 102 Å². The van der Waals surface area contributed by atoms with E-state index in [-0.39, 0.29) is 16.5 Å². The fourth-order valence-corrected chi connectivity index (χ4v) is 3.81. The number of sulfonamides is 1. The van der Waals surface area contributed by atoms with Crippen molar-refractivity contribution < 1.29 is 27.1 Å². The van der Waals surface area contributed by atoms with Crippen LogP contribution in [0, 0.1) is 5.82 Å². The first kappa shape index (κ1) is 23.7. The number of hydrogen-bond acceptors (Lipinski definition) is 5. The van der Waals surface area contributed by atoms with Gasteiger partial charge in [-0.05, 0) is 79.2 Å². The van der Waals surface area contributed by atoms with Gasteiger partial charge in [0, 0.05) is 23.0 Å². The van der Waals surface area contributed by atoms with E-state index >= 15 is 0 Å². The molecule has 0 unspecified atom stereocenters. The van der Waals surface area contributed by atoms with E-state index in [1.165, 1.54) is 30.3 Å². The molecule has 2 N–H and O–H groups in total. The molecule has 3 rings (SSSR count). The minimum absolute atomic E-state index is 0.0775. The molecular weight excluding hydrogens is 447 g/mol. The van der Waals surface area contributed by atoms with Crippen LogP contribution < -0.4 is 10.0 Å². The molecule has 0 aliphatic rings. The Kier molecular flexibility index (Phi) is 7.57. The molecule has 0 heterocycles. The molecule has 1 amide bonds. The number of anilines is 2. The summed E-state index contributed by atoms with van der Waals surface area (Å²) in [6.07, 6.45) is 2.93. The Morgan fingerprint density at radius 1 is 0.909 bits per heavy atom. The van der Waals surface area contributed by atoms with Gasteiger partial charge < -0.3 is 10.1 Å². The zero-order valence-corrected chi connectivity index (χ0v) is 18.4. The Morgan fingerprint density at radius 2 is 1.52 bits per heavy atom. The summed E-state index contributed by atoms with van der Waals surface area (Å²) in [5, 5.41) is 2.74. The molecule has 0 spiro atoms. The summed E-state index contributed by atoms with van der Waals surface area (Å²) in [5.41, 5.74) is 1.90. The minimum atomic E-state index is -3.88. The van der Waals surface area contributed by atoms with Gasteiger partial charge in [-0.1, -0.05) is 12.1 Å². The lowest BCUT2D eigenvalue weighted by atomic mass is 10.1. The maximum Gasteiger partial charge on any atom is 0.330 e. The van der Waals surface area contributed by atoms with Gasteiger partial charge in [0.15, 0.2) is 0 Å². The van der Waals surface area contributed by atoms with E-state index in [0.29, 0.717) is 17.9 Å². The van der Waals surface area contributed by atoms with Gasteiger partial charge in [-0.2, -0.15) is 0 Å². The number of ether oxygens (including phenoxy) is 1. The van der Waals surface area contributed by atoms with Crippen molar-refractivity contribution in [2.45, 2.75) is 11.8 Å². The van der Waals surface area contributed by atoms with Crippen LogP contribution in [0.2, 0.25) is 0 Å². The van der Waals surface area contributed by atoms with Gasteiger partial charge in [-0.25, -0.2) is 17.6 Å². The second-order valence-electron chi connectivity index (χ2n) is 6.80. The van der Waals surface area contributed by atoms with Gasteiger partial charge >= 0.3 is 5.97 Å². The maximum atomic E-state index is 13.0. The van der Waals surface area contributed by atoms with E-state index < -0.39 is 21.8 Å². The number of hydrogen-bond donors (Lipinski definition) is 2. The zero-order valence-electron chi connectivity index (χ0n) is 17.6. The Balaban J connectivity index is 1.61. The maximum absolute atomic E-state index is 13.0. The highest BCUT2D eigenvalue weighted by Gasteiger charge is 2.14. The van der Waals surface area contributed by atoms with Crippen LogP contribution in [-0.2, 0) is 19.6 Å². The summed E-state index contributed by atoms with van der Waals surface area (Å²) in [5.74, 6) is -1.34. The predicted molar refractivity (Wildman–Crippen MR) is 124 cm³/mol. The molecule has 7 nitrogen and oxygen atoms in total. The number of carbonyl (C=O) groups excluding carboxylic acids is 2. The predicted octanol–water partition coefficient (Wildman–Crippen LogP) is 4.46. The highest BCUT2D eigenvalue weighted by atomic mass is 32.2. The third kappa shape index (κ3) is 6.75. The van der Waals surface area contributed by atoms with E-state index in [9.17, 15) is 22.4 Å². The summed E-state index contributed by atoms with van der Waals surface area (Å²) < 4.78 is 45.0. The van der Waals surface area contributed by atoms with Crippen LogP contribution in [0.1, 0.15) is 22.8 Å².